The fourth-order valence-corrected chi connectivity index (χ4v) is 3.42. The maximum atomic E-state index is 12.0. The molecule has 104 valence electrons. The van der Waals surface area contributed by atoms with Crippen LogP contribution in [0.15, 0.2) is 0 Å². The zero-order valence-corrected chi connectivity index (χ0v) is 12.8. The molecule has 0 aromatic carbocycles. The normalized spacial score (nSPS) is 16.1. The van der Waals surface area contributed by atoms with Crippen LogP contribution in [0.3, 0.4) is 0 Å². The average Bonchev–Trinajstić information content (AvgIpc) is 2.29. The van der Waals surface area contributed by atoms with Crippen molar-refractivity contribution in [3.05, 3.63) is 0 Å². The van der Waals surface area contributed by atoms with Crippen LogP contribution < -0.4 is 5.32 Å². The predicted molar refractivity (Wildman–Crippen MR) is 75.1 cm³/mol. The van der Waals surface area contributed by atoms with Crippen molar-refractivity contribution in [2.24, 2.45) is 5.92 Å². The average molecular weight is 263 g/mol. The first-order valence-electron chi connectivity index (χ1n) is 6.82. The molecule has 1 N–H and O–H groups in total. The third-order valence-corrected chi connectivity index (χ3v) is 5.93. The van der Waals surface area contributed by atoms with Crippen LogP contribution >= 0.6 is 0 Å². The first-order valence-corrected chi connectivity index (χ1v) is 8.53. The maximum absolute atomic E-state index is 12.0. The van der Waals surface area contributed by atoms with Crippen molar-refractivity contribution in [1.82, 2.24) is 5.32 Å². The minimum Gasteiger partial charge on any atom is -0.313 e. The van der Waals surface area contributed by atoms with E-state index in [4.69, 9.17) is 0 Å². The summed E-state index contributed by atoms with van der Waals surface area (Å²) >= 11 is 0. The van der Waals surface area contributed by atoms with Crippen LogP contribution in [0.25, 0.3) is 0 Å². The van der Waals surface area contributed by atoms with Gasteiger partial charge < -0.3 is 5.32 Å². The Labute approximate surface area is 107 Å². The van der Waals surface area contributed by atoms with Gasteiger partial charge in [-0.15, -0.1) is 0 Å². The van der Waals surface area contributed by atoms with Gasteiger partial charge in [-0.2, -0.15) is 0 Å². The molecule has 4 heteroatoms. The van der Waals surface area contributed by atoms with Crippen molar-refractivity contribution in [2.75, 3.05) is 12.3 Å². The molecule has 2 atom stereocenters. The van der Waals surface area contributed by atoms with Crippen molar-refractivity contribution in [1.29, 1.82) is 0 Å². The van der Waals surface area contributed by atoms with Gasteiger partial charge in [-0.3, -0.25) is 0 Å². The summed E-state index contributed by atoms with van der Waals surface area (Å²) in [4.78, 5) is 0. The number of sulfone groups is 1. The van der Waals surface area contributed by atoms with Crippen molar-refractivity contribution in [3.63, 3.8) is 0 Å². The van der Waals surface area contributed by atoms with E-state index in [0.717, 1.165) is 19.3 Å². The molecule has 0 saturated heterocycles. The Morgan fingerprint density at radius 2 is 1.53 bits per heavy atom. The molecule has 0 radical (unpaired) electrons. The van der Waals surface area contributed by atoms with Gasteiger partial charge in [0.15, 0.2) is 9.84 Å². The standard InChI is InChI=1S/C13H29NO2S/c1-6-11(4)10-17(15,16)12(5)9-14-13(7-2)8-3/h11-14H,6-10H2,1-5H3. The summed E-state index contributed by atoms with van der Waals surface area (Å²) in [6.45, 7) is 10.7. The highest BCUT2D eigenvalue weighted by Gasteiger charge is 2.23. The third-order valence-electron chi connectivity index (χ3n) is 3.51. The molecule has 0 aromatic rings. The van der Waals surface area contributed by atoms with E-state index in [0.29, 0.717) is 18.3 Å². The molecule has 2 unspecified atom stereocenters. The second-order valence-electron chi connectivity index (χ2n) is 5.08. The van der Waals surface area contributed by atoms with Crippen molar-refractivity contribution in [3.8, 4) is 0 Å². The molecule has 0 bridgehead atoms. The van der Waals surface area contributed by atoms with Crippen LogP contribution in [0.5, 0.6) is 0 Å². The Hall–Kier alpha value is -0.0900. The van der Waals surface area contributed by atoms with Crippen LogP contribution in [0, 0.1) is 5.92 Å². The van der Waals surface area contributed by atoms with Crippen molar-refractivity contribution in [2.45, 2.75) is 65.2 Å². The van der Waals surface area contributed by atoms with Gasteiger partial charge >= 0.3 is 0 Å². The highest BCUT2D eigenvalue weighted by atomic mass is 32.2. The van der Waals surface area contributed by atoms with Gasteiger partial charge in [-0.25, -0.2) is 8.42 Å². The molecule has 0 heterocycles. The molecule has 0 amide bonds. The number of nitrogens with one attached hydrogen (secondary N) is 1. The van der Waals surface area contributed by atoms with Gasteiger partial charge in [-0.1, -0.05) is 34.1 Å². The molecule has 17 heavy (non-hydrogen) atoms. The summed E-state index contributed by atoms with van der Waals surface area (Å²) in [6.07, 6.45) is 3.02. The number of hydrogen-bond donors (Lipinski definition) is 1. The minimum atomic E-state index is -2.95. The quantitative estimate of drug-likeness (QED) is 0.695. The lowest BCUT2D eigenvalue weighted by Gasteiger charge is -2.20. The predicted octanol–water partition coefficient (Wildman–Crippen LogP) is 2.61. The zero-order valence-electron chi connectivity index (χ0n) is 12.0. The summed E-state index contributed by atoms with van der Waals surface area (Å²) in [5, 5.41) is 3.06. The molecule has 0 aliphatic rings. The fraction of sp³-hybridized carbons (Fsp3) is 1.00. The summed E-state index contributed by atoms with van der Waals surface area (Å²) < 4.78 is 24.1. The lowest BCUT2D eigenvalue weighted by atomic mass is 10.2. The van der Waals surface area contributed by atoms with Gasteiger partial charge in [-0.05, 0) is 25.7 Å². The monoisotopic (exact) mass is 263 g/mol. The van der Waals surface area contributed by atoms with Crippen LogP contribution in [0.4, 0.5) is 0 Å². The van der Waals surface area contributed by atoms with Crippen molar-refractivity contribution >= 4 is 9.84 Å². The SMILES string of the molecule is CCC(C)CS(=O)(=O)C(C)CNC(CC)CC. The van der Waals surface area contributed by atoms with Gasteiger partial charge in [0.25, 0.3) is 0 Å². The summed E-state index contributed by atoms with van der Waals surface area (Å²) in [6, 6.07) is 0.441. The molecule has 0 fully saturated rings. The van der Waals surface area contributed by atoms with E-state index in [1.807, 2.05) is 20.8 Å². The minimum absolute atomic E-state index is 0.260. The highest BCUT2D eigenvalue weighted by Crippen LogP contribution is 2.10. The summed E-state index contributed by atoms with van der Waals surface area (Å²) in [7, 11) is -2.95. The van der Waals surface area contributed by atoms with E-state index in [1.165, 1.54) is 0 Å². The second-order valence-corrected chi connectivity index (χ2v) is 7.54. The van der Waals surface area contributed by atoms with Gasteiger partial charge in [0, 0.05) is 12.6 Å². The van der Waals surface area contributed by atoms with E-state index in [9.17, 15) is 8.42 Å². The van der Waals surface area contributed by atoms with Crippen molar-refractivity contribution < 1.29 is 8.42 Å². The molecule has 0 rings (SSSR count). The summed E-state index contributed by atoms with van der Waals surface area (Å²) in [5.41, 5.74) is 0. The number of hydrogen-bond acceptors (Lipinski definition) is 3. The molecule has 0 aromatic heterocycles. The zero-order chi connectivity index (χ0) is 13.5. The Bertz CT molecular complexity index is 284. The lowest BCUT2D eigenvalue weighted by Crippen LogP contribution is -2.38. The molecule has 0 saturated carbocycles. The first-order chi connectivity index (χ1) is 7.87. The first kappa shape index (κ1) is 16.9. The Morgan fingerprint density at radius 1 is 1.00 bits per heavy atom. The van der Waals surface area contributed by atoms with E-state index in [-0.39, 0.29) is 11.2 Å². The molecule has 0 aliphatic heterocycles. The Balaban J connectivity index is 4.25. The Kier molecular flexibility index (Phi) is 8.05. The van der Waals surface area contributed by atoms with E-state index >= 15 is 0 Å². The highest BCUT2D eigenvalue weighted by molar-refractivity contribution is 7.92. The topological polar surface area (TPSA) is 46.2 Å². The van der Waals surface area contributed by atoms with Crippen LogP contribution in [0.2, 0.25) is 0 Å². The largest absolute Gasteiger partial charge is 0.313 e. The maximum Gasteiger partial charge on any atom is 0.154 e. The fourth-order valence-electron chi connectivity index (χ4n) is 1.72. The molecule has 0 spiro atoms. The van der Waals surface area contributed by atoms with Gasteiger partial charge in [0.2, 0.25) is 0 Å². The molecular weight excluding hydrogens is 234 g/mol. The van der Waals surface area contributed by atoms with E-state index < -0.39 is 9.84 Å². The summed E-state index contributed by atoms with van der Waals surface area (Å²) in [5.74, 6) is 0.575. The number of rotatable bonds is 9. The second kappa shape index (κ2) is 8.09. The molecule has 0 aliphatic carbocycles. The van der Waals surface area contributed by atoms with Crippen LogP contribution in [-0.4, -0.2) is 32.0 Å². The van der Waals surface area contributed by atoms with Crippen LogP contribution in [-0.2, 0) is 9.84 Å². The van der Waals surface area contributed by atoms with E-state index in [1.54, 1.807) is 0 Å². The third kappa shape index (κ3) is 6.41. The van der Waals surface area contributed by atoms with Gasteiger partial charge in [0.05, 0.1) is 11.0 Å². The Morgan fingerprint density at radius 3 is 1.94 bits per heavy atom. The van der Waals surface area contributed by atoms with Gasteiger partial charge in [0.1, 0.15) is 0 Å². The van der Waals surface area contributed by atoms with E-state index in [2.05, 4.69) is 19.2 Å². The van der Waals surface area contributed by atoms with Crippen LogP contribution in [0.1, 0.15) is 53.9 Å². The molecular formula is C13H29NO2S. The smallest absolute Gasteiger partial charge is 0.154 e. The lowest BCUT2D eigenvalue weighted by molar-refractivity contribution is 0.477. The molecule has 3 nitrogen and oxygen atoms in total.